The van der Waals surface area contributed by atoms with E-state index >= 15 is 0 Å². The molecule has 0 spiro atoms. The van der Waals surface area contributed by atoms with Crippen molar-refractivity contribution in [1.82, 2.24) is 0 Å². The Kier molecular flexibility index (Phi) is 3.57. The van der Waals surface area contributed by atoms with Crippen LogP contribution >= 0.6 is 0 Å². The quantitative estimate of drug-likeness (QED) is 0.636. The van der Waals surface area contributed by atoms with Gasteiger partial charge in [0, 0.05) is 12.4 Å². The van der Waals surface area contributed by atoms with E-state index in [4.69, 9.17) is 0 Å². The standard InChI is InChI=1S/C12H16N2/c1-5-11-12(13-6-2)7-10(8-14-11)9(3)4/h5-9H,2H2,1,3-4H3/b11-5+,13-12?. The Balaban J connectivity index is 3.07. The second kappa shape index (κ2) is 4.70. The van der Waals surface area contributed by atoms with Crippen molar-refractivity contribution in [3.8, 4) is 0 Å². The van der Waals surface area contributed by atoms with Gasteiger partial charge >= 0.3 is 0 Å². The maximum absolute atomic E-state index is 4.34. The number of aliphatic imine (C=N–C) groups is 2. The van der Waals surface area contributed by atoms with Gasteiger partial charge in [-0.2, -0.15) is 0 Å². The smallest absolute Gasteiger partial charge is 0.0885 e. The third-order valence-corrected chi connectivity index (χ3v) is 2.09. The van der Waals surface area contributed by atoms with E-state index in [1.807, 2.05) is 19.2 Å². The zero-order chi connectivity index (χ0) is 10.6. The normalized spacial score (nSPS) is 21.9. The second-order valence-electron chi connectivity index (χ2n) is 3.43. The van der Waals surface area contributed by atoms with E-state index in [1.165, 1.54) is 5.57 Å². The van der Waals surface area contributed by atoms with E-state index < -0.39 is 0 Å². The van der Waals surface area contributed by atoms with Crippen LogP contribution in [0.4, 0.5) is 0 Å². The largest absolute Gasteiger partial charge is 0.255 e. The molecule has 0 N–H and O–H groups in total. The average molecular weight is 188 g/mol. The number of allylic oxidation sites excluding steroid dienone is 3. The lowest BCUT2D eigenvalue weighted by Crippen LogP contribution is -2.08. The van der Waals surface area contributed by atoms with Gasteiger partial charge in [0.1, 0.15) is 0 Å². The summed E-state index contributed by atoms with van der Waals surface area (Å²) in [4.78, 5) is 8.53. The highest BCUT2D eigenvalue weighted by molar-refractivity contribution is 6.14. The summed E-state index contributed by atoms with van der Waals surface area (Å²) in [7, 11) is 0. The van der Waals surface area contributed by atoms with Gasteiger partial charge in [0.25, 0.3) is 0 Å². The van der Waals surface area contributed by atoms with E-state index in [-0.39, 0.29) is 0 Å². The zero-order valence-electron chi connectivity index (χ0n) is 8.99. The van der Waals surface area contributed by atoms with Gasteiger partial charge in [0.2, 0.25) is 0 Å². The Morgan fingerprint density at radius 1 is 1.50 bits per heavy atom. The van der Waals surface area contributed by atoms with Crippen LogP contribution in [0.5, 0.6) is 0 Å². The van der Waals surface area contributed by atoms with E-state index in [2.05, 4.69) is 36.5 Å². The van der Waals surface area contributed by atoms with Gasteiger partial charge in [0.05, 0.1) is 11.4 Å². The average Bonchev–Trinajstić information content (AvgIpc) is 2.18. The van der Waals surface area contributed by atoms with Crippen molar-refractivity contribution < 1.29 is 0 Å². The molecule has 0 bridgehead atoms. The van der Waals surface area contributed by atoms with Crippen LogP contribution in [0.25, 0.3) is 0 Å². The van der Waals surface area contributed by atoms with Crippen molar-refractivity contribution in [1.29, 1.82) is 0 Å². The van der Waals surface area contributed by atoms with Crippen LogP contribution in [0.1, 0.15) is 20.8 Å². The molecule has 74 valence electrons. The molecule has 1 rings (SSSR count). The molecule has 1 aliphatic heterocycles. The van der Waals surface area contributed by atoms with Crippen LogP contribution < -0.4 is 0 Å². The van der Waals surface area contributed by atoms with Crippen LogP contribution in [0.3, 0.4) is 0 Å². The minimum Gasteiger partial charge on any atom is -0.255 e. The van der Waals surface area contributed by atoms with E-state index in [0.717, 1.165) is 11.4 Å². The molecule has 0 atom stereocenters. The Labute approximate surface area is 85.5 Å². The summed E-state index contributed by atoms with van der Waals surface area (Å²) in [6.45, 7) is 9.84. The molecule has 0 saturated heterocycles. The van der Waals surface area contributed by atoms with Gasteiger partial charge in [-0.15, -0.1) is 0 Å². The number of hydrogen-bond acceptors (Lipinski definition) is 2. The monoisotopic (exact) mass is 188 g/mol. The summed E-state index contributed by atoms with van der Waals surface area (Å²) in [6.07, 6.45) is 7.47. The van der Waals surface area contributed by atoms with Crippen LogP contribution in [-0.2, 0) is 0 Å². The van der Waals surface area contributed by atoms with E-state index in [9.17, 15) is 0 Å². The molecule has 0 aromatic rings. The summed E-state index contributed by atoms with van der Waals surface area (Å²) in [5.41, 5.74) is 3.01. The molecule has 0 aliphatic carbocycles. The van der Waals surface area contributed by atoms with Gasteiger partial charge in [0.15, 0.2) is 0 Å². The first kappa shape index (κ1) is 10.6. The molecule has 0 radical (unpaired) electrons. The molecule has 2 heteroatoms. The van der Waals surface area contributed by atoms with E-state index in [1.54, 1.807) is 6.20 Å². The second-order valence-corrected chi connectivity index (χ2v) is 3.43. The highest BCUT2D eigenvalue weighted by Crippen LogP contribution is 2.16. The third-order valence-electron chi connectivity index (χ3n) is 2.09. The van der Waals surface area contributed by atoms with Gasteiger partial charge in [-0.3, -0.25) is 9.98 Å². The predicted octanol–water partition coefficient (Wildman–Crippen LogP) is 3.14. The minimum absolute atomic E-state index is 0.479. The highest BCUT2D eigenvalue weighted by atomic mass is 14.8. The molecule has 0 saturated carbocycles. The van der Waals surface area contributed by atoms with Crippen molar-refractivity contribution >= 4 is 11.9 Å². The lowest BCUT2D eigenvalue weighted by Gasteiger charge is -2.12. The molecule has 14 heavy (non-hydrogen) atoms. The molecule has 1 heterocycles. The Bertz CT molecular complexity index is 341. The van der Waals surface area contributed by atoms with Crippen LogP contribution in [0.15, 0.2) is 46.2 Å². The number of hydrogen-bond donors (Lipinski definition) is 0. The maximum Gasteiger partial charge on any atom is 0.0885 e. The molecular weight excluding hydrogens is 172 g/mol. The lowest BCUT2D eigenvalue weighted by molar-refractivity contribution is 0.806. The van der Waals surface area contributed by atoms with Gasteiger partial charge in [-0.25, -0.2) is 0 Å². The number of dihydropyridines is 1. The van der Waals surface area contributed by atoms with E-state index in [0.29, 0.717) is 5.92 Å². The van der Waals surface area contributed by atoms with Crippen molar-refractivity contribution in [2.24, 2.45) is 15.9 Å². The van der Waals surface area contributed by atoms with Crippen LogP contribution in [-0.4, -0.2) is 11.9 Å². The number of rotatable bonds is 2. The molecule has 0 fully saturated rings. The molecule has 1 aliphatic rings. The molecule has 0 aromatic carbocycles. The minimum atomic E-state index is 0.479. The fourth-order valence-corrected chi connectivity index (χ4v) is 1.22. The Morgan fingerprint density at radius 2 is 2.21 bits per heavy atom. The molecule has 0 amide bonds. The highest BCUT2D eigenvalue weighted by Gasteiger charge is 2.10. The van der Waals surface area contributed by atoms with Crippen molar-refractivity contribution in [3.05, 3.63) is 36.2 Å². The third kappa shape index (κ3) is 2.28. The SMILES string of the molecule is C=CN=C1C=C(C(C)C)C=N/C1=C/C. The van der Waals surface area contributed by atoms with Gasteiger partial charge < -0.3 is 0 Å². The predicted molar refractivity (Wildman–Crippen MR) is 62.8 cm³/mol. The van der Waals surface area contributed by atoms with Crippen LogP contribution in [0.2, 0.25) is 0 Å². The molecular formula is C12H16N2. The van der Waals surface area contributed by atoms with Gasteiger partial charge in [-0.05, 0) is 24.5 Å². The zero-order valence-corrected chi connectivity index (χ0v) is 8.99. The Morgan fingerprint density at radius 3 is 2.71 bits per heavy atom. The van der Waals surface area contributed by atoms with Crippen molar-refractivity contribution in [3.63, 3.8) is 0 Å². The first-order chi connectivity index (χ1) is 6.69. The first-order valence-corrected chi connectivity index (χ1v) is 4.80. The number of nitrogens with zero attached hydrogens (tertiary/aromatic N) is 2. The van der Waals surface area contributed by atoms with Crippen LogP contribution in [0, 0.1) is 5.92 Å². The van der Waals surface area contributed by atoms with Crippen molar-refractivity contribution in [2.75, 3.05) is 0 Å². The summed E-state index contributed by atoms with van der Waals surface area (Å²) in [5.74, 6) is 0.479. The summed E-state index contributed by atoms with van der Waals surface area (Å²) in [6, 6.07) is 0. The molecule has 2 nitrogen and oxygen atoms in total. The fraction of sp³-hybridized carbons (Fsp3) is 0.333. The fourth-order valence-electron chi connectivity index (χ4n) is 1.22. The lowest BCUT2D eigenvalue weighted by atomic mass is 10.00. The van der Waals surface area contributed by atoms with Gasteiger partial charge in [-0.1, -0.05) is 26.5 Å². The van der Waals surface area contributed by atoms with Crippen molar-refractivity contribution in [2.45, 2.75) is 20.8 Å². The molecule has 0 aromatic heterocycles. The summed E-state index contributed by atoms with van der Waals surface area (Å²) < 4.78 is 0. The first-order valence-electron chi connectivity index (χ1n) is 4.80. The topological polar surface area (TPSA) is 24.7 Å². The summed E-state index contributed by atoms with van der Waals surface area (Å²) in [5, 5.41) is 0. The Hall–Kier alpha value is -1.44. The summed E-state index contributed by atoms with van der Waals surface area (Å²) >= 11 is 0. The maximum atomic E-state index is 4.34. The molecule has 0 unspecified atom stereocenters.